The summed E-state index contributed by atoms with van der Waals surface area (Å²) in [5.41, 5.74) is 3.20. The van der Waals surface area contributed by atoms with Crippen LogP contribution in [0.15, 0.2) is 41.4 Å². The molecule has 0 radical (unpaired) electrons. The zero-order chi connectivity index (χ0) is 17.1. The Morgan fingerprint density at radius 3 is 2.65 bits per heavy atom. The number of benzene rings is 1. The van der Waals surface area contributed by atoms with Crippen molar-refractivity contribution in [2.75, 3.05) is 37.6 Å². The van der Waals surface area contributed by atoms with Crippen LogP contribution in [-0.4, -0.2) is 43.6 Å². The van der Waals surface area contributed by atoms with Crippen LogP contribution in [0.25, 0.3) is 0 Å². The number of likely N-dealkylation sites (tertiary alicyclic amines) is 1. The Kier molecular flexibility index (Phi) is 6.48. The molecule has 0 aromatic heterocycles. The summed E-state index contributed by atoms with van der Waals surface area (Å²) in [6, 6.07) is 8.84. The molecule has 1 aromatic rings. The fraction of sp³-hybridized carbons (Fsp3) is 0.571. The fourth-order valence-electron chi connectivity index (χ4n) is 4.33. The smallest absolute Gasteiger partial charge is 0.194 e. The Labute approximate surface area is 174 Å². The number of nitrogens with one attached hydrogen (secondary N) is 1. The minimum Gasteiger partial charge on any atom is -0.364 e. The van der Waals surface area contributed by atoms with Crippen molar-refractivity contribution in [3.63, 3.8) is 0 Å². The molecule has 5 heteroatoms. The van der Waals surface area contributed by atoms with Gasteiger partial charge in [0.15, 0.2) is 5.96 Å². The largest absolute Gasteiger partial charge is 0.364 e. The van der Waals surface area contributed by atoms with Gasteiger partial charge in [-0.1, -0.05) is 30.7 Å². The van der Waals surface area contributed by atoms with Gasteiger partial charge in [-0.25, -0.2) is 4.99 Å². The van der Waals surface area contributed by atoms with E-state index < -0.39 is 0 Å². The van der Waals surface area contributed by atoms with Crippen LogP contribution >= 0.6 is 24.0 Å². The highest BCUT2D eigenvalue weighted by molar-refractivity contribution is 14.0. The maximum absolute atomic E-state index is 4.95. The predicted octanol–water partition coefficient (Wildman–Crippen LogP) is 4.02. The van der Waals surface area contributed by atoms with E-state index in [1.165, 1.54) is 43.5 Å². The van der Waals surface area contributed by atoms with Gasteiger partial charge in [-0.3, -0.25) is 0 Å². The Hall–Kier alpha value is -1.24. The van der Waals surface area contributed by atoms with Crippen LogP contribution in [0.2, 0.25) is 0 Å². The van der Waals surface area contributed by atoms with E-state index in [9.17, 15) is 0 Å². The molecule has 2 fully saturated rings. The Morgan fingerprint density at radius 2 is 2.00 bits per heavy atom. The molecule has 3 aliphatic rings. The molecule has 0 atom stereocenters. The molecule has 2 heterocycles. The average molecular weight is 466 g/mol. The van der Waals surface area contributed by atoms with Gasteiger partial charge in [0.1, 0.15) is 0 Å². The van der Waals surface area contributed by atoms with Gasteiger partial charge in [0.2, 0.25) is 0 Å². The zero-order valence-electron chi connectivity index (χ0n) is 15.8. The summed E-state index contributed by atoms with van der Waals surface area (Å²) >= 11 is 0. The Morgan fingerprint density at radius 1 is 1.19 bits per heavy atom. The molecule has 26 heavy (non-hydrogen) atoms. The summed E-state index contributed by atoms with van der Waals surface area (Å²) in [6.07, 6.45) is 10.0. The first-order valence-electron chi connectivity index (χ1n) is 9.80. The lowest BCUT2D eigenvalue weighted by atomic mass is 9.68. The third kappa shape index (κ3) is 4.18. The molecule has 0 bridgehead atoms. The van der Waals surface area contributed by atoms with E-state index in [0.29, 0.717) is 5.41 Å². The van der Waals surface area contributed by atoms with Crippen LogP contribution in [-0.2, 0) is 6.54 Å². The zero-order valence-corrected chi connectivity index (χ0v) is 18.1. The van der Waals surface area contributed by atoms with Crippen LogP contribution in [0.4, 0.5) is 5.69 Å². The van der Waals surface area contributed by atoms with E-state index >= 15 is 0 Å². The first kappa shape index (κ1) is 19.5. The van der Waals surface area contributed by atoms with E-state index in [2.05, 4.69) is 58.5 Å². The molecule has 4 nitrogen and oxygen atoms in total. The van der Waals surface area contributed by atoms with Crippen molar-refractivity contribution in [3.8, 4) is 0 Å². The van der Waals surface area contributed by atoms with Crippen LogP contribution in [0.3, 0.4) is 0 Å². The molecule has 1 saturated heterocycles. The molecular weight excluding hydrogens is 435 g/mol. The van der Waals surface area contributed by atoms with Gasteiger partial charge >= 0.3 is 0 Å². The summed E-state index contributed by atoms with van der Waals surface area (Å²) in [6.45, 7) is 8.23. The third-order valence-electron chi connectivity index (χ3n) is 5.99. The number of anilines is 1. The Bertz CT molecular complexity index is 658. The normalized spacial score (nSPS) is 21.0. The highest BCUT2D eigenvalue weighted by atomic mass is 127. The highest BCUT2D eigenvalue weighted by Crippen LogP contribution is 2.47. The minimum absolute atomic E-state index is 0. The second kappa shape index (κ2) is 8.63. The van der Waals surface area contributed by atoms with Crippen molar-refractivity contribution in [1.82, 2.24) is 10.2 Å². The standard InChI is InChI=1S/C21H30N4.HI/c1-2-22-20(25-14-11-21(17-25)9-6-10-21)23-16-18-7-5-8-19(15-18)24-12-3-4-13-24;/h3-5,7-8,15H,2,6,9-14,16-17H2,1H3,(H,22,23);1H. The second-order valence-electron chi connectivity index (χ2n) is 7.74. The molecule has 1 N–H and O–H groups in total. The van der Waals surface area contributed by atoms with Gasteiger partial charge in [0.05, 0.1) is 6.54 Å². The number of hydrogen-bond donors (Lipinski definition) is 1. The fourth-order valence-corrected chi connectivity index (χ4v) is 4.33. The first-order chi connectivity index (χ1) is 12.3. The lowest BCUT2D eigenvalue weighted by Crippen LogP contribution is -2.42. The molecule has 0 unspecified atom stereocenters. The summed E-state index contributed by atoms with van der Waals surface area (Å²) in [7, 11) is 0. The van der Waals surface area contributed by atoms with Crippen molar-refractivity contribution in [2.45, 2.75) is 39.2 Å². The number of guanidine groups is 1. The van der Waals surface area contributed by atoms with Crippen molar-refractivity contribution in [2.24, 2.45) is 10.4 Å². The maximum Gasteiger partial charge on any atom is 0.194 e. The van der Waals surface area contributed by atoms with E-state index in [0.717, 1.165) is 38.7 Å². The lowest BCUT2D eigenvalue weighted by molar-refractivity contribution is 0.151. The third-order valence-corrected chi connectivity index (χ3v) is 5.99. The SMILES string of the molecule is CCNC(=NCc1cccc(N2CC=CC2)c1)N1CCC2(CCC2)C1.I. The molecule has 1 aromatic carbocycles. The van der Waals surface area contributed by atoms with Gasteiger partial charge in [-0.05, 0) is 49.3 Å². The molecule has 1 aliphatic carbocycles. The molecule has 142 valence electrons. The van der Waals surface area contributed by atoms with E-state index in [1.807, 2.05) is 0 Å². The maximum atomic E-state index is 4.95. The number of hydrogen-bond acceptors (Lipinski definition) is 2. The van der Waals surface area contributed by atoms with Gasteiger partial charge in [-0.15, -0.1) is 24.0 Å². The number of aliphatic imine (C=N–C) groups is 1. The van der Waals surface area contributed by atoms with Crippen LogP contribution < -0.4 is 10.2 Å². The van der Waals surface area contributed by atoms with Gasteiger partial charge < -0.3 is 15.1 Å². The summed E-state index contributed by atoms with van der Waals surface area (Å²) in [5, 5.41) is 3.51. The second-order valence-corrected chi connectivity index (χ2v) is 7.74. The van der Waals surface area contributed by atoms with E-state index in [1.54, 1.807) is 0 Å². The van der Waals surface area contributed by atoms with Crippen molar-refractivity contribution >= 4 is 35.6 Å². The monoisotopic (exact) mass is 466 g/mol. The minimum atomic E-state index is 0. The lowest BCUT2D eigenvalue weighted by Gasteiger charge is -2.38. The number of halogens is 1. The van der Waals surface area contributed by atoms with Gasteiger partial charge in [0.25, 0.3) is 0 Å². The van der Waals surface area contributed by atoms with Crippen molar-refractivity contribution in [3.05, 3.63) is 42.0 Å². The quantitative estimate of drug-likeness (QED) is 0.315. The summed E-state index contributed by atoms with van der Waals surface area (Å²) in [4.78, 5) is 9.83. The van der Waals surface area contributed by atoms with Crippen molar-refractivity contribution < 1.29 is 0 Å². The van der Waals surface area contributed by atoms with E-state index in [-0.39, 0.29) is 24.0 Å². The van der Waals surface area contributed by atoms with Crippen molar-refractivity contribution in [1.29, 1.82) is 0 Å². The predicted molar refractivity (Wildman–Crippen MR) is 120 cm³/mol. The molecule has 2 aliphatic heterocycles. The van der Waals surface area contributed by atoms with Crippen LogP contribution in [0.5, 0.6) is 0 Å². The average Bonchev–Trinajstić information content (AvgIpc) is 3.28. The molecular formula is C21H31IN4. The summed E-state index contributed by atoms with van der Waals surface area (Å²) < 4.78 is 0. The molecule has 4 rings (SSSR count). The number of nitrogens with zero attached hydrogens (tertiary/aromatic N) is 3. The summed E-state index contributed by atoms with van der Waals surface area (Å²) in [5.74, 6) is 1.10. The number of rotatable bonds is 4. The Balaban J connectivity index is 0.00000196. The molecule has 1 saturated carbocycles. The molecule has 0 amide bonds. The van der Waals surface area contributed by atoms with Crippen LogP contribution in [0.1, 0.15) is 38.2 Å². The first-order valence-corrected chi connectivity index (χ1v) is 9.80. The topological polar surface area (TPSA) is 30.9 Å². The molecule has 1 spiro atoms. The van der Waals surface area contributed by atoms with E-state index in [4.69, 9.17) is 4.99 Å². The highest BCUT2D eigenvalue weighted by Gasteiger charge is 2.43. The van der Waals surface area contributed by atoms with Gasteiger partial charge in [0, 0.05) is 38.4 Å². The van der Waals surface area contributed by atoms with Gasteiger partial charge in [-0.2, -0.15) is 0 Å². The van der Waals surface area contributed by atoms with Crippen LogP contribution in [0, 0.1) is 5.41 Å².